The fourth-order valence-electron chi connectivity index (χ4n) is 1.49. The van der Waals surface area contributed by atoms with E-state index in [0.717, 1.165) is 11.1 Å². The van der Waals surface area contributed by atoms with Crippen LogP contribution in [-0.4, -0.2) is 18.9 Å². The highest BCUT2D eigenvalue weighted by molar-refractivity contribution is 6.07. The summed E-state index contributed by atoms with van der Waals surface area (Å²) < 4.78 is 4.49. The van der Waals surface area contributed by atoms with E-state index in [0.29, 0.717) is 5.56 Å². The van der Waals surface area contributed by atoms with Gasteiger partial charge in [-0.25, -0.2) is 0 Å². The number of hydrogen-bond donors (Lipinski definition) is 0. The van der Waals surface area contributed by atoms with E-state index in [1.165, 1.54) is 7.11 Å². The quantitative estimate of drug-likeness (QED) is 0.455. The number of esters is 1. The molecule has 0 aliphatic rings. The molecule has 0 spiro atoms. The second-order valence-corrected chi connectivity index (χ2v) is 3.99. The van der Waals surface area contributed by atoms with Gasteiger partial charge in [-0.15, -0.1) is 0 Å². The van der Waals surface area contributed by atoms with Crippen molar-refractivity contribution in [2.75, 3.05) is 7.11 Å². The third kappa shape index (κ3) is 3.87. The van der Waals surface area contributed by atoms with Crippen molar-refractivity contribution in [1.29, 1.82) is 0 Å². The fraction of sp³-hybridized carbons (Fsp3) is 0.286. The number of methoxy groups -OCH3 is 1. The van der Waals surface area contributed by atoms with E-state index in [4.69, 9.17) is 0 Å². The molecule has 0 fully saturated rings. The molecule has 3 nitrogen and oxygen atoms in total. The normalized spacial score (nSPS) is 9.59. The van der Waals surface area contributed by atoms with Gasteiger partial charge in [-0.1, -0.05) is 35.9 Å². The van der Waals surface area contributed by atoms with E-state index in [1.54, 1.807) is 12.1 Å². The Morgan fingerprint density at radius 1 is 1.24 bits per heavy atom. The molecule has 1 aromatic carbocycles. The minimum Gasteiger partial charge on any atom is -0.469 e. The van der Waals surface area contributed by atoms with Crippen molar-refractivity contribution in [3.8, 4) is 0 Å². The number of carbonyl (C=O) groups excluding carboxylic acids is 2. The molecule has 0 aliphatic heterocycles. The molecule has 0 saturated heterocycles. The Morgan fingerprint density at radius 2 is 1.88 bits per heavy atom. The van der Waals surface area contributed by atoms with Crippen LogP contribution in [0.2, 0.25) is 0 Å². The topological polar surface area (TPSA) is 43.4 Å². The Hall–Kier alpha value is -1.90. The van der Waals surface area contributed by atoms with E-state index in [1.807, 2.05) is 32.1 Å². The molecule has 1 aromatic rings. The second kappa shape index (κ2) is 5.99. The van der Waals surface area contributed by atoms with Gasteiger partial charge in [-0.2, -0.15) is 0 Å². The van der Waals surface area contributed by atoms with Crippen molar-refractivity contribution < 1.29 is 14.3 Å². The van der Waals surface area contributed by atoms with Gasteiger partial charge in [-0.3, -0.25) is 9.59 Å². The van der Waals surface area contributed by atoms with Crippen molar-refractivity contribution >= 4 is 17.8 Å². The third-order valence-electron chi connectivity index (χ3n) is 2.24. The van der Waals surface area contributed by atoms with Crippen LogP contribution in [0.3, 0.4) is 0 Å². The molecule has 0 N–H and O–H groups in total. The van der Waals surface area contributed by atoms with E-state index < -0.39 is 5.97 Å². The second-order valence-electron chi connectivity index (χ2n) is 3.99. The summed E-state index contributed by atoms with van der Waals surface area (Å²) in [5.74, 6) is -0.730. The Labute approximate surface area is 101 Å². The van der Waals surface area contributed by atoms with Crippen molar-refractivity contribution in [1.82, 2.24) is 0 Å². The molecule has 17 heavy (non-hydrogen) atoms. The van der Waals surface area contributed by atoms with Gasteiger partial charge in [-0.05, 0) is 19.4 Å². The number of hydrogen-bond acceptors (Lipinski definition) is 3. The van der Waals surface area contributed by atoms with Crippen LogP contribution >= 0.6 is 0 Å². The van der Waals surface area contributed by atoms with E-state index in [-0.39, 0.29) is 12.2 Å². The Morgan fingerprint density at radius 3 is 2.47 bits per heavy atom. The summed E-state index contributed by atoms with van der Waals surface area (Å²) in [5, 5.41) is 0. The van der Waals surface area contributed by atoms with Crippen molar-refractivity contribution in [2.24, 2.45) is 0 Å². The fourth-order valence-corrected chi connectivity index (χ4v) is 1.49. The first-order valence-corrected chi connectivity index (χ1v) is 5.38. The first-order chi connectivity index (χ1) is 8.04. The molecule has 90 valence electrons. The lowest BCUT2D eigenvalue weighted by molar-refractivity contribution is -0.139. The lowest BCUT2D eigenvalue weighted by Crippen LogP contribution is -2.10. The van der Waals surface area contributed by atoms with Gasteiger partial charge in [0.2, 0.25) is 0 Å². The molecule has 0 atom stereocenters. The van der Waals surface area contributed by atoms with Gasteiger partial charge in [0.15, 0.2) is 5.78 Å². The van der Waals surface area contributed by atoms with Gasteiger partial charge >= 0.3 is 5.97 Å². The summed E-state index contributed by atoms with van der Waals surface area (Å²) in [6.07, 6.45) is 1.70. The molecule has 0 aromatic heterocycles. The molecule has 3 heteroatoms. The van der Waals surface area contributed by atoms with Crippen LogP contribution in [0.15, 0.2) is 29.8 Å². The van der Waals surface area contributed by atoms with Gasteiger partial charge in [0.25, 0.3) is 0 Å². The number of benzene rings is 1. The zero-order valence-electron chi connectivity index (χ0n) is 10.3. The number of allylic oxidation sites excluding steroid dienone is 1. The summed E-state index contributed by atoms with van der Waals surface area (Å²) >= 11 is 0. The molecule has 0 aliphatic carbocycles. The first-order valence-electron chi connectivity index (χ1n) is 5.38. The van der Waals surface area contributed by atoms with E-state index in [2.05, 4.69) is 4.74 Å². The van der Waals surface area contributed by atoms with E-state index in [9.17, 15) is 9.59 Å². The number of carbonyl (C=O) groups is 2. The van der Waals surface area contributed by atoms with Crippen LogP contribution in [0, 0.1) is 0 Å². The average Bonchev–Trinajstić information content (AvgIpc) is 2.28. The first kappa shape index (κ1) is 13.2. The van der Waals surface area contributed by atoms with Gasteiger partial charge in [0.05, 0.1) is 7.11 Å². The average molecular weight is 232 g/mol. The molecular formula is C14H16O3. The molecule has 0 heterocycles. The molecule has 0 unspecified atom stereocenters. The van der Waals surface area contributed by atoms with Gasteiger partial charge < -0.3 is 4.74 Å². The van der Waals surface area contributed by atoms with Crippen LogP contribution < -0.4 is 0 Å². The maximum Gasteiger partial charge on any atom is 0.313 e. The molecule has 0 saturated carbocycles. The van der Waals surface area contributed by atoms with Crippen LogP contribution in [0.5, 0.6) is 0 Å². The maximum atomic E-state index is 11.9. The highest BCUT2D eigenvalue weighted by Crippen LogP contribution is 2.15. The van der Waals surface area contributed by atoms with Gasteiger partial charge in [0.1, 0.15) is 6.42 Å². The zero-order valence-corrected chi connectivity index (χ0v) is 10.3. The van der Waals surface area contributed by atoms with Gasteiger partial charge in [0, 0.05) is 5.56 Å². The third-order valence-corrected chi connectivity index (χ3v) is 2.24. The van der Waals surface area contributed by atoms with Crippen molar-refractivity contribution in [2.45, 2.75) is 20.3 Å². The summed E-state index contributed by atoms with van der Waals surface area (Å²) in [4.78, 5) is 23.0. The lowest BCUT2D eigenvalue weighted by Gasteiger charge is -2.05. The predicted molar refractivity (Wildman–Crippen MR) is 66.7 cm³/mol. The number of ether oxygens (including phenoxy) is 1. The molecule has 0 radical (unpaired) electrons. The minimum atomic E-state index is -0.512. The lowest BCUT2D eigenvalue weighted by atomic mass is 10.0. The zero-order chi connectivity index (χ0) is 12.8. The molecular weight excluding hydrogens is 216 g/mol. The smallest absolute Gasteiger partial charge is 0.313 e. The summed E-state index contributed by atoms with van der Waals surface area (Å²) in [5.41, 5.74) is 2.49. The van der Waals surface area contributed by atoms with E-state index >= 15 is 0 Å². The van der Waals surface area contributed by atoms with Crippen LogP contribution in [0.4, 0.5) is 0 Å². The molecule has 0 bridgehead atoms. The molecule has 1 rings (SSSR count). The molecule has 0 amide bonds. The minimum absolute atomic E-state index is 0.218. The Kier molecular flexibility index (Phi) is 4.64. The highest BCUT2D eigenvalue weighted by Gasteiger charge is 2.14. The van der Waals surface area contributed by atoms with Crippen molar-refractivity contribution in [3.63, 3.8) is 0 Å². The number of Topliss-reactive ketones (excluding diaryl/α,β-unsaturated/α-hetero) is 1. The SMILES string of the molecule is COC(=O)CC(=O)c1ccccc1C=C(C)C. The number of ketones is 1. The number of rotatable bonds is 4. The Balaban J connectivity index is 3.01. The largest absolute Gasteiger partial charge is 0.469 e. The standard InChI is InChI=1S/C14H16O3/c1-10(2)8-11-6-4-5-7-12(11)13(15)9-14(16)17-3/h4-8H,9H2,1-3H3. The van der Waals surface area contributed by atoms with Crippen LogP contribution in [0.1, 0.15) is 36.2 Å². The summed E-state index contributed by atoms with van der Waals surface area (Å²) in [7, 11) is 1.28. The summed E-state index contributed by atoms with van der Waals surface area (Å²) in [6.45, 7) is 3.92. The highest BCUT2D eigenvalue weighted by atomic mass is 16.5. The maximum absolute atomic E-state index is 11.9. The summed E-state index contributed by atoms with van der Waals surface area (Å²) in [6, 6.07) is 7.23. The van der Waals surface area contributed by atoms with Crippen molar-refractivity contribution in [3.05, 3.63) is 41.0 Å². The van der Waals surface area contributed by atoms with Crippen LogP contribution in [0.25, 0.3) is 6.08 Å². The predicted octanol–water partition coefficient (Wildman–Crippen LogP) is 2.86. The Bertz CT molecular complexity index is 454. The van der Waals surface area contributed by atoms with Crippen LogP contribution in [-0.2, 0) is 9.53 Å². The monoisotopic (exact) mass is 232 g/mol.